The molecule has 2 atom stereocenters. The molecule has 2 saturated heterocycles. The number of amides is 1. The van der Waals surface area contributed by atoms with E-state index in [2.05, 4.69) is 22.4 Å². The minimum Gasteiger partial charge on any atom is -0.393 e. The van der Waals surface area contributed by atoms with Gasteiger partial charge in [0.2, 0.25) is 0 Å². The van der Waals surface area contributed by atoms with Crippen LogP contribution in [0.1, 0.15) is 47.8 Å². The third kappa shape index (κ3) is 3.85. The summed E-state index contributed by atoms with van der Waals surface area (Å²) in [7, 11) is 1.80. The lowest BCUT2D eigenvalue weighted by Gasteiger charge is -2.48. The number of hydrogen-bond acceptors (Lipinski definition) is 6. The minimum atomic E-state index is -0.372. The second-order valence-corrected chi connectivity index (χ2v) is 8.23. The molecule has 0 aliphatic carbocycles. The van der Waals surface area contributed by atoms with Crippen LogP contribution >= 0.6 is 11.3 Å². The van der Waals surface area contributed by atoms with Crippen LogP contribution in [0, 0.1) is 0 Å². The molecular formula is C20H25N3O3S. The molecule has 0 saturated carbocycles. The van der Waals surface area contributed by atoms with Crippen LogP contribution in [0.5, 0.6) is 0 Å². The van der Waals surface area contributed by atoms with Gasteiger partial charge in [0.15, 0.2) is 5.13 Å². The Bertz CT molecular complexity index is 787. The number of carbonyl (C=O) groups excluding carboxylic acids is 1. The van der Waals surface area contributed by atoms with Gasteiger partial charge in [-0.15, -0.1) is 11.3 Å². The van der Waals surface area contributed by atoms with Crippen molar-refractivity contribution in [3.05, 3.63) is 47.0 Å². The van der Waals surface area contributed by atoms with Crippen LogP contribution in [-0.4, -0.2) is 52.7 Å². The highest BCUT2D eigenvalue weighted by atomic mass is 32.1. The number of nitrogens with zero attached hydrogens (tertiary/aromatic N) is 2. The molecule has 2 aliphatic heterocycles. The van der Waals surface area contributed by atoms with Crippen LogP contribution in [0.4, 0.5) is 5.13 Å². The van der Waals surface area contributed by atoms with Gasteiger partial charge in [0.25, 0.3) is 5.91 Å². The molecule has 2 N–H and O–H groups in total. The van der Waals surface area contributed by atoms with E-state index in [1.165, 1.54) is 11.3 Å². The number of ether oxygens (including phenoxy) is 1. The van der Waals surface area contributed by atoms with Crippen LogP contribution in [-0.2, 0) is 4.74 Å². The fourth-order valence-electron chi connectivity index (χ4n) is 4.12. The first kappa shape index (κ1) is 18.4. The van der Waals surface area contributed by atoms with Gasteiger partial charge in [-0.1, -0.05) is 30.3 Å². The van der Waals surface area contributed by atoms with Crippen LogP contribution in [0.25, 0.3) is 0 Å². The molecule has 3 heterocycles. The Kier molecular flexibility index (Phi) is 5.16. The smallest absolute Gasteiger partial charge is 0.273 e. The largest absolute Gasteiger partial charge is 0.393 e. The molecule has 2 aromatic rings. The Labute approximate surface area is 163 Å². The molecule has 0 unspecified atom stereocenters. The topological polar surface area (TPSA) is 74.7 Å². The van der Waals surface area contributed by atoms with Crippen molar-refractivity contribution >= 4 is 22.4 Å². The van der Waals surface area contributed by atoms with Crippen molar-refractivity contribution < 1.29 is 14.6 Å². The zero-order valence-electron chi connectivity index (χ0n) is 15.4. The molecule has 6 nitrogen and oxygen atoms in total. The number of rotatable bonds is 3. The van der Waals surface area contributed by atoms with Gasteiger partial charge in [-0.3, -0.25) is 4.79 Å². The van der Waals surface area contributed by atoms with Gasteiger partial charge in [-0.2, -0.15) is 0 Å². The number of benzene rings is 1. The summed E-state index contributed by atoms with van der Waals surface area (Å²) in [4.78, 5) is 18.9. The van der Waals surface area contributed by atoms with Gasteiger partial charge in [0.05, 0.1) is 17.8 Å². The van der Waals surface area contributed by atoms with Crippen molar-refractivity contribution in [1.29, 1.82) is 0 Å². The van der Waals surface area contributed by atoms with E-state index in [1.807, 2.05) is 23.1 Å². The summed E-state index contributed by atoms with van der Waals surface area (Å²) in [5.74, 6) is -0.0291. The van der Waals surface area contributed by atoms with Crippen molar-refractivity contribution in [3.8, 4) is 0 Å². The normalized spacial score (nSPS) is 24.7. The summed E-state index contributed by atoms with van der Waals surface area (Å²) in [5.41, 5.74) is 1.25. The van der Waals surface area contributed by atoms with E-state index in [1.54, 1.807) is 12.4 Å². The van der Waals surface area contributed by atoms with Crippen molar-refractivity contribution in [2.75, 3.05) is 25.5 Å². The van der Waals surface area contributed by atoms with Crippen LogP contribution in [0.15, 0.2) is 35.7 Å². The van der Waals surface area contributed by atoms with E-state index in [-0.39, 0.29) is 23.7 Å². The van der Waals surface area contributed by atoms with E-state index >= 15 is 0 Å². The maximum Gasteiger partial charge on any atom is 0.273 e. The molecule has 1 amide bonds. The van der Waals surface area contributed by atoms with Crippen molar-refractivity contribution in [2.24, 2.45) is 0 Å². The monoisotopic (exact) mass is 387 g/mol. The summed E-state index contributed by atoms with van der Waals surface area (Å²) in [5, 5.41) is 16.0. The zero-order chi connectivity index (χ0) is 18.9. The SMILES string of the molecule is CNc1nc(C(=O)N2CCC3(CC2)C[C@@H](O)C[C@H](c2ccccc2)O3)cs1. The standard InChI is InChI=1S/C20H25N3O3S/c1-21-19-22-16(13-27-19)18(25)23-9-7-20(8-10-23)12-15(24)11-17(26-20)14-5-3-2-4-6-14/h2-6,13,15,17,24H,7-12H2,1H3,(H,21,22)/t15-,17+/m0/s1. The van der Waals surface area contributed by atoms with E-state index in [0.29, 0.717) is 31.6 Å². The van der Waals surface area contributed by atoms with Gasteiger partial charge >= 0.3 is 0 Å². The number of aliphatic hydroxyl groups excluding tert-OH is 1. The summed E-state index contributed by atoms with van der Waals surface area (Å²) in [6.07, 6.45) is 2.28. The first-order valence-electron chi connectivity index (χ1n) is 9.42. The number of carbonyl (C=O) groups is 1. The van der Waals surface area contributed by atoms with E-state index in [0.717, 1.165) is 23.5 Å². The number of thiazole rings is 1. The average molecular weight is 388 g/mol. The Morgan fingerprint density at radius 3 is 2.74 bits per heavy atom. The van der Waals surface area contributed by atoms with Gasteiger partial charge in [-0.05, 0) is 18.4 Å². The summed E-state index contributed by atoms with van der Waals surface area (Å²) < 4.78 is 6.51. The summed E-state index contributed by atoms with van der Waals surface area (Å²) >= 11 is 1.43. The van der Waals surface area contributed by atoms with Crippen molar-refractivity contribution in [1.82, 2.24) is 9.88 Å². The first-order valence-corrected chi connectivity index (χ1v) is 10.3. The average Bonchev–Trinajstić information content (AvgIpc) is 3.17. The van der Waals surface area contributed by atoms with Gasteiger partial charge in [0.1, 0.15) is 5.69 Å². The van der Waals surface area contributed by atoms with Crippen LogP contribution in [0.3, 0.4) is 0 Å². The number of piperidine rings is 1. The second kappa shape index (κ2) is 7.58. The Morgan fingerprint density at radius 1 is 1.33 bits per heavy atom. The molecule has 2 fully saturated rings. The lowest BCUT2D eigenvalue weighted by Crippen LogP contribution is -2.52. The quantitative estimate of drug-likeness (QED) is 0.847. The molecular weight excluding hydrogens is 362 g/mol. The molecule has 4 rings (SSSR count). The predicted molar refractivity (Wildman–Crippen MR) is 105 cm³/mol. The summed E-state index contributed by atoms with van der Waals surface area (Å²) in [6, 6.07) is 10.1. The Morgan fingerprint density at radius 2 is 2.07 bits per heavy atom. The molecule has 1 spiro atoms. The van der Waals surface area contributed by atoms with Crippen molar-refractivity contribution in [2.45, 2.75) is 43.5 Å². The van der Waals surface area contributed by atoms with E-state index < -0.39 is 0 Å². The van der Waals surface area contributed by atoms with E-state index in [4.69, 9.17) is 4.74 Å². The predicted octanol–water partition coefficient (Wildman–Crippen LogP) is 3.07. The maximum absolute atomic E-state index is 12.7. The Balaban J connectivity index is 1.43. The number of anilines is 1. The van der Waals surface area contributed by atoms with E-state index in [9.17, 15) is 9.90 Å². The lowest BCUT2D eigenvalue weighted by atomic mass is 9.81. The molecule has 0 radical (unpaired) electrons. The number of aromatic nitrogens is 1. The fraction of sp³-hybridized carbons (Fsp3) is 0.500. The number of nitrogens with one attached hydrogen (secondary N) is 1. The zero-order valence-corrected chi connectivity index (χ0v) is 16.2. The Hall–Kier alpha value is -1.96. The lowest BCUT2D eigenvalue weighted by molar-refractivity contribution is -0.181. The molecule has 144 valence electrons. The third-order valence-corrected chi connectivity index (χ3v) is 6.42. The highest BCUT2D eigenvalue weighted by Crippen LogP contribution is 2.43. The fourth-order valence-corrected chi connectivity index (χ4v) is 4.76. The number of hydrogen-bond donors (Lipinski definition) is 2. The highest BCUT2D eigenvalue weighted by molar-refractivity contribution is 7.13. The van der Waals surface area contributed by atoms with Crippen LogP contribution < -0.4 is 5.32 Å². The van der Waals surface area contributed by atoms with Crippen LogP contribution in [0.2, 0.25) is 0 Å². The third-order valence-electron chi connectivity index (χ3n) is 5.56. The second-order valence-electron chi connectivity index (χ2n) is 7.37. The molecule has 1 aromatic carbocycles. The minimum absolute atomic E-state index is 0.0291. The maximum atomic E-state index is 12.7. The highest BCUT2D eigenvalue weighted by Gasteiger charge is 2.44. The molecule has 27 heavy (non-hydrogen) atoms. The van der Waals surface area contributed by atoms with Crippen molar-refractivity contribution in [3.63, 3.8) is 0 Å². The van der Waals surface area contributed by atoms with Gasteiger partial charge < -0.3 is 20.1 Å². The molecule has 2 aliphatic rings. The number of likely N-dealkylation sites (tertiary alicyclic amines) is 1. The first-order chi connectivity index (χ1) is 13.1. The molecule has 0 bridgehead atoms. The van der Waals surface area contributed by atoms with Gasteiger partial charge in [-0.25, -0.2) is 4.98 Å². The van der Waals surface area contributed by atoms with Gasteiger partial charge in [0, 0.05) is 38.4 Å². The molecule has 1 aromatic heterocycles. The molecule has 7 heteroatoms. The number of aliphatic hydroxyl groups is 1. The summed E-state index contributed by atoms with van der Waals surface area (Å²) in [6.45, 7) is 1.25.